The standard InChI is InChI=1S/C10H17N3S/c1-3-12-9(4-7-14-2)10-8-11-5-6-13-10/h5-6,8-9,12H,3-4,7H2,1-2H3. The summed E-state index contributed by atoms with van der Waals surface area (Å²) < 4.78 is 0. The van der Waals surface area contributed by atoms with Gasteiger partial charge in [-0.3, -0.25) is 9.97 Å². The lowest BCUT2D eigenvalue weighted by Crippen LogP contribution is -2.22. The van der Waals surface area contributed by atoms with E-state index in [0.717, 1.165) is 24.4 Å². The Labute approximate surface area is 89.7 Å². The van der Waals surface area contributed by atoms with Crippen LogP contribution in [0.3, 0.4) is 0 Å². The first-order chi connectivity index (χ1) is 6.88. The Morgan fingerprint density at radius 2 is 2.36 bits per heavy atom. The number of hydrogen-bond acceptors (Lipinski definition) is 4. The minimum atomic E-state index is 0.348. The lowest BCUT2D eigenvalue weighted by atomic mass is 10.1. The van der Waals surface area contributed by atoms with Gasteiger partial charge in [-0.15, -0.1) is 0 Å². The molecule has 1 heterocycles. The van der Waals surface area contributed by atoms with E-state index in [4.69, 9.17) is 0 Å². The second-order valence-corrected chi connectivity index (χ2v) is 4.01. The fraction of sp³-hybridized carbons (Fsp3) is 0.600. The molecule has 1 unspecified atom stereocenters. The molecule has 3 nitrogen and oxygen atoms in total. The van der Waals surface area contributed by atoms with Gasteiger partial charge in [0.2, 0.25) is 0 Å². The minimum Gasteiger partial charge on any atom is -0.309 e. The summed E-state index contributed by atoms with van der Waals surface area (Å²) in [6.45, 7) is 3.08. The van der Waals surface area contributed by atoms with E-state index in [-0.39, 0.29) is 0 Å². The Kier molecular flexibility index (Phi) is 5.56. The van der Waals surface area contributed by atoms with Crippen LogP contribution < -0.4 is 5.32 Å². The van der Waals surface area contributed by atoms with Crippen LogP contribution >= 0.6 is 11.8 Å². The summed E-state index contributed by atoms with van der Waals surface area (Å²) in [6.07, 6.45) is 8.53. The predicted molar refractivity (Wildman–Crippen MR) is 61.4 cm³/mol. The van der Waals surface area contributed by atoms with E-state index in [0.29, 0.717) is 6.04 Å². The zero-order chi connectivity index (χ0) is 10.2. The lowest BCUT2D eigenvalue weighted by molar-refractivity contribution is 0.526. The molecule has 4 heteroatoms. The number of nitrogens with one attached hydrogen (secondary N) is 1. The number of aromatic nitrogens is 2. The molecule has 0 amide bonds. The zero-order valence-corrected chi connectivity index (χ0v) is 9.55. The highest BCUT2D eigenvalue weighted by Crippen LogP contribution is 2.14. The molecule has 0 radical (unpaired) electrons. The molecule has 1 aromatic heterocycles. The average Bonchev–Trinajstić information content (AvgIpc) is 2.25. The normalized spacial score (nSPS) is 12.7. The van der Waals surface area contributed by atoms with Crippen LogP contribution in [0.2, 0.25) is 0 Å². The van der Waals surface area contributed by atoms with E-state index < -0.39 is 0 Å². The van der Waals surface area contributed by atoms with Gasteiger partial charge in [0.1, 0.15) is 0 Å². The van der Waals surface area contributed by atoms with E-state index >= 15 is 0 Å². The van der Waals surface area contributed by atoms with E-state index in [1.54, 1.807) is 12.4 Å². The molecule has 0 saturated heterocycles. The van der Waals surface area contributed by atoms with Crippen molar-refractivity contribution in [3.8, 4) is 0 Å². The molecular weight excluding hydrogens is 194 g/mol. The van der Waals surface area contributed by atoms with Crippen molar-refractivity contribution < 1.29 is 0 Å². The van der Waals surface area contributed by atoms with Crippen molar-refractivity contribution in [2.45, 2.75) is 19.4 Å². The van der Waals surface area contributed by atoms with Crippen molar-refractivity contribution in [3.05, 3.63) is 24.3 Å². The molecule has 1 atom stereocenters. The SMILES string of the molecule is CCNC(CCSC)c1cnccn1. The van der Waals surface area contributed by atoms with Gasteiger partial charge in [0, 0.05) is 18.6 Å². The van der Waals surface area contributed by atoms with Gasteiger partial charge >= 0.3 is 0 Å². The van der Waals surface area contributed by atoms with Gasteiger partial charge in [-0.1, -0.05) is 6.92 Å². The first kappa shape index (κ1) is 11.5. The van der Waals surface area contributed by atoms with Gasteiger partial charge < -0.3 is 5.32 Å². The first-order valence-electron chi connectivity index (χ1n) is 4.86. The summed E-state index contributed by atoms with van der Waals surface area (Å²) in [5, 5.41) is 3.42. The van der Waals surface area contributed by atoms with Crippen LogP contribution in [0.25, 0.3) is 0 Å². The van der Waals surface area contributed by atoms with Gasteiger partial charge in [-0.2, -0.15) is 11.8 Å². The van der Waals surface area contributed by atoms with E-state index in [1.807, 2.05) is 18.0 Å². The highest BCUT2D eigenvalue weighted by atomic mass is 32.2. The van der Waals surface area contributed by atoms with Gasteiger partial charge in [-0.05, 0) is 25.0 Å². The minimum absolute atomic E-state index is 0.348. The Bertz CT molecular complexity index is 240. The van der Waals surface area contributed by atoms with Crippen LogP contribution in [0.1, 0.15) is 25.1 Å². The van der Waals surface area contributed by atoms with Crippen molar-refractivity contribution >= 4 is 11.8 Å². The highest BCUT2D eigenvalue weighted by molar-refractivity contribution is 7.98. The second-order valence-electron chi connectivity index (χ2n) is 3.02. The third kappa shape index (κ3) is 3.64. The molecule has 0 spiro atoms. The summed E-state index contributed by atoms with van der Waals surface area (Å²) in [6, 6.07) is 0.348. The predicted octanol–water partition coefficient (Wildman–Crippen LogP) is 1.88. The van der Waals surface area contributed by atoms with Gasteiger partial charge in [0.25, 0.3) is 0 Å². The maximum atomic E-state index is 4.32. The van der Waals surface area contributed by atoms with Crippen molar-refractivity contribution in [1.29, 1.82) is 0 Å². The maximum Gasteiger partial charge on any atom is 0.0756 e. The van der Waals surface area contributed by atoms with Crippen molar-refractivity contribution in [2.75, 3.05) is 18.6 Å². The molecule has 0 aliphatic carbocycles. The molecule has 0 fully saturated rings. The van der Waals surface area contributed by atoms with Gasteiger partial charge in [-0.25, -0.2) is 0 Å². The van der Waals surface area contributed by atoms with Crippen LogP contribution in [-0.2, 0) is 0 Å². The second kappa shape index (κ2) is 6.79. The number of rotatable bonds is 6. The molecule has 0 aliphatic heterocycles. The Morgan fingerprint density at radius 1 is 1.50 bits per heavy atom. The van der Waals surface area contributed by atoms with E-state index in [9.17, 15) is 0 Å². The molecule has 14 heavy (non-hydrogen) atoms. The summed E-state index contributed by atoms with van der Waals surface area (Å²) in [4.78, 5) is 8.40. The third-order valence-corrected chi connectivity index (χ3v) is 2.65. The fourth-order valence-electron chi connectivity index (χ4n) is 1.33. The smallest absolute Gasteiger partial charge is 0.0756 e. The van der Waals surface area contributed by atoms with Crippen LogP contribution in [0.5, 0.6) is 0 Å². The van der Waals surface area contributed by atoms with Crippen LogP contribution in [0.4, 0.5) is 0 Å². The van der Waals surface area contributed by atoms with Crippen LogP contribution in [0.15, 0.2) is 18.6 Å². The molecule has 0 bridgehead atoms. The van der Waals surface area contributed by atoms with Crippen molar-refractivity contribution in [2.24, 2.45) is 0 Å². The number of hydrogen-bond donors (Lipinski definition) is 1. The van der Waals surface area contributed by atoms with E-state index in [1.165, 1.54) is 0 Å². The quantitative estimate of drug-likeness (QED) is 0.779. The number of thioether (sulfide) groups is 1. The largest absolute Gasteiger partial charge is 0.309 e. The molecule has 1 aromatic rings. The van der Waals surface area contributed by atoms with Crippen molar-refractivity contribution in [1.82, 2.24) is 15.3 Å². The van der Waals surface area contributed by atoms with Crippen molar-refractivity contribution in [3.63, 3.8) is 0 Å². The van der Waals surface area contributed by atoms with Crippen LogP contribution in [-0.4, -0.2) is 28.5 Å². The molecule has 1 rings (SSSR count). The molecule has 0 aromatic carbocycles. The fourth-order valence-corrected chi connectivity index (χ4v) is 1.80. The third-order valence-electron chi connectivity index (χ3n) is 2.00. The summed E-state index contributed by atoms with van der Waals surface area (Å²) in [5.74, 6) is 1.15. The monoisotopic (exact) mass is 211 g/mol. The van der Waals surface area contributed by atoms with Gasteiger partial charge in [0.05, 0.1) is 11.7 Å². The Morgan fingerprint density at radius 3 is 2.93 bits per heavy atom. The van der Waals surface area contributed by atoms with E-state index in [2.05, 4.69) is 28.5 Å². The molecule has 0 aliphatic rings. The zero-order valence-electron chi connectivity index (χ0n) is 8.73. The Balaban J connectivity index is 2.58. The lowest BCUT2D eigenvalue weighted by Gasteiger charge is -2.15. The molecular formula is C10H17N3S. The Hall–Kier alpha value is -0.610. The maximum absolute atomic E-state index is 4.32. The molecule has 1 N–H and O–H groups in total. The highest BCUT2D eigenvalue weighted by Gasteiger charge is 2.10. The average molecular weight is 211 g/mol. The first-order valence-corrected chi connectivity index (χ1v) is 6.26. The summed E-state index contributed by atoms with van der Waals surface area (Å²) >= 11 is 1.86. The molecule has 0 saturated carbocycles. The van der Waals surface area contributed by atoms with Gasteiger partial charge in [0.15, 0.2) is 0 Å². The summed E-state index contributed by atoms with van der Waals surface area (Å²) in [5.41, 5.74) is 1.04. The van der Waals surface area contributed by atoms with Crippen LogP contribution in [0, 0.1) is 0 Å². The topological polar surface area (TPSA) is 37.8 Å². The molecule has 78 valence electrons. The number of nitrogens with zero attached hydrogens (tertiary/aromatic N) is 2. The summed E-state index contributed by atoms with van der Waals surface area (Å²) in [7, 11) is 0.